The monoisotopic (exact) mass is 420 g/mol. The number of carboxylic acids is 1. The molecule has 9 heteroatoms. The van der Waals surface area contributed by atoms with Gasteiger partial charge in [0.25, 0.3) is 0 Å². The zero-order chi connectivity index (χ0) is 21.2. The van der Waals surface area contributed by atoms with E-state index in [2.05, 4.69) is 10.6 Å². The maximum atomic E-state index is 12.3. The van der Waals surface area contributed by atoms with Crippen LogP contribution in [0.4, 0.5) is 4.79 Å². The van der Waals surface area contributed by atoms with Crippen LogP contribution < -0.4 is 10.6 Å². The molecule has 0 unspecified atom stereocenters. The summed E-state index contributed by atoms with van der Waals surface area (Å²) in [7, 11) is 0. The predicted octanol–water partition coefficient (Wildman–Crippen LogP) is 1.74. The summed E-state index contributed by atoms with van der Waals surface area (Å²) in [5.74, 6) is -2.11. The summed E-state index contributed by atoms with van der Waals surface area (Å²) in [6.45, 7) is -0.741. The van der Waals surface area contributed by atoms with Crippen molar-refractivity contribution in [1.29, 1.82) is 0 Å². The van der Waals surface area contributed by atoms with Crippen LogP contribution in [0.15, 0.2) is 54.6 Å². The van der Waals surface area contributed by atoms with Crippen molar-refractivity contribution >= 4 is 29.6 Å². The summed E-state index contributed by atoms with van der Waals surface area (Å²) >= 11 is 5.89. The van der Waals surface area contributed by atoms with Crippen molar-refractivity contribution < 1.29 is 29.3 Å². The van der Waals surface area contributed by atoms with E-state index in [0.717, 1.165) is 5.56 Å². The lowest BCUT2D eigenvalue weighted by Crippen LogP contribution is -2.53. The SMILES string of the molecule is O=C(N[C@@H](CO)C(=O)N[C@H](Cc1cccc(Cl)c1)C(=O)O)OCc1ccccc1. The van der Waals surface area contributed by atoms with E-state index in [1.165, 1.54) is 0 Å². The van der Waals surface area contributed by atoms with Crippen LogP contribution in [-0.2, 0) is 27.4 Å². The number of hydrogen-bond acceptors (Lipinski definition) is 5. The molecule has 29 heavy (non-hydrogen) atoms. The van der Waals surface area contributed by atoms with E-state index in [0.29, 0.717) is 10.6 Å². The number of amides is 2. The molecule has 2 aromatic carbocycles. The quantitative estimate of drug-likeness (QED) is 0.489. The van der Waals surface area contributed by atoms with Gasteiger partial charge in [-0.25, -0.2) is 9.59 Å². The molecular formula is C20H21ClN2O6. The minimum Gasteiger partial charge on any atom is -0.480 e. The lowest BCUT2D eigenvalue weighted by Gasteiger charge is -2.20. The highest BCUT2D eigenvalue weighted by Gasteiger charge is 2.26. The van der Waals surface area contributed by atoms with Crippen LogP contribution in [-0.4, -0.2) is 46.9 Å². The van der Waals surface area contributed by atoms with E-state index in [-0.39, 0.29) is 13.0 Å². The standard InChI is InChI=1S/C20H21ClN2O6/c21-15-8-4-7-14(9-15)10-16(19(26)27)22-18(25)17(11-24)23-20(28)29-12-13-5-2-1-3-6-13/h1-9,16-17,24H,10-12H2,(H,22,25)(H,23,28)(H,26,27)/t16-,17+/m1/s1. The second-order valence-electron chi connectivity index (χ2n) is 6.17. The number of carbonyl (C=O) groups excluding carboxylic acids is 2. The van der Waals surface area contributed by atoms with Gasteiger partial charge in [0.2, 0.25) is 5.91 Å². The molecule has 2 amide bonds. The highest BCUT2D eigenvalue weighted by Crippen LogP contribution is 2.12. The third kappa shape index (κ3) is 7.44. The summed E-state index contributed by atoms with van der Waals surface area (Å²) in [6, 6.07) is 12.9. The molecule has 8 nitrogen and oxygen atoms in total. The molecule has 2 rings (SSSR count). The Bertz CT molecular complexity index is 846. The van der Waals surface area contributed by atoms with Crippen molar-refractivity contribution in [3.05, 3.63) is 70.7 Å². The smallest absolute Gasteiger partial charge is 0.408 e. The Labute approximate surface area is 172 Å². The molecule has 0 heterocycles. The number of benzene rings is 2. The minimum atomic E-state index is -1.36. The van der Waals surface area contributed by atoms with Crippen molar-refractivity contribution in [3.8, 4) is 0 Å². The number of rotatable bonds is 9. The van der Waals surface area contributed by atoms with Gasteiger partial charge in [-0.2, -0.15) is 0 Å². The predicted molar refractivity (Wildman–Crippen MR) is 105 cm³/mol. The van der Waals surface area contributed by atoms with Crippen LogP contribution in [0.5, 0.6) is 0 Å². The topological polar surface area (TPSA) is 125 Å². The number of ether oxygens (including phenoxy) is 1. The summed E-state index contributed by atoms with van der Waals surface area (Å²) in [5.41, 5.74) is 1.36. The number of nitrogens with one attached hydrogen (secondary N) is 2. The van der Waals surface area contributed by atoms with E-state index in [1.54, 1.807) is 48.5 Å². The number of aliphatic hydroxyl groups excluding tert-OH is 1. The van der Waals surface area contributed by atoms with Crippen LogP contribution in [0.1, 0.15) is 11.1 Å². The molecule has 2 atom stereocenters. The number of hydrogen-bond donors (Lipinski definition) is 4. The number of aliphatic carboxylic acids is 1. The van der Waals surface area contributed by atoms with Crippen molar-refractivity contribution in [2.75, 3.05) is 6.61 Å². The normalized spacial score (nSPS) is 12.5. The number of carboxylic acid groups (broad SMARTS) is 1. The van der Waals surface area contributed by atoms with E-state index in [4.69, 9.17) is 16.3 Å². The Kier molecular flexibility index (Phi) is 8.45. The van der Waals surface area contributed by atoms with Gasteiger partial charge in [0, 0.05) is 11.4 Å². The van der Waals surface area contributed by atoms with E-state index in [1.807, 2.05) is 6.07 Å². The lowest BCUT2D eigenvalue weighted by molar-refractivity contribution is -0.142. The van der Waals surface area contributed by atoms with Crippen LogP contribution in [0.2, 0.25) is 5.02 Å². The van der Waals surface area contributed by atoms with Gasteiger partial charge >= 0.3 is 12.1 Å². The Morgan fingerprint density at radius 2 is 1.66 bits per heavy atom. The van der Waals surface area contributed by atoms with Gasteiger partial charge in [-0.3, -0.25) is 4.79 Å². The molecule has 0 spiro atoms. The summed E-state index contributed by atoms with van der Waals surface area (Å²) in [6.07, 6.45) is -0.928. The molecule has 2 aromatic rings. The van der Waals surface area contributed by atoms with Crippen LogP contribution in [0, 0.1) is 0 Å². The van der Waals surface area contributed by atoms with E-state index < -0.39 is 36.7 Å². The molecule has 0 aliphatic rings. The molecule has 4 N–H and O–H groups in total. The van der Waals surface area contributed by atoms with Gasteiger partial charge in [0.15, 0.2) is 0 Å². The Morgan fingerprint density at radius 3 is 2.28 bits per heavy atom. The third-order valence-corrected chi connectivity index (χ3v) is 4.18. The summed E-state index contributed by atoms with van der Waals surface area (Å²) in [5, 5.41) is 23.7. The fraction of sp³-hybridized carbons (Fsp3) is 0.250. The molecule has 0 aliphatic carbocycles. The largest absolute Gasteiger partial charge is 0.480 e. The molecule has 0 radical (unpaired) electrons. The average Bonchev–Trinajstić information content (AvgIpc) is 2.70. The van der Waals surface area contributed by atoms with Gasteiger partial charge in [0.05, 0.1) is 6.61 Å². The molecule has 0 saturated heterocycles. The van der Waals surface area contributed by atoms with E-state index in [9.17, 15) is 24.6 Å². The van der Waals surface area contributed by atoms with Gasteiger partial charge < -0.3 is 25.6 Å². The fourth-order valence-electron chi connectivity index (χ4n) is 2.47. The summed E-state index contributed by atoms with van der Waals surface area (Å²) in [4.78, 5) is 35.7. The first-order valence-electron chi connectivity index (χ1n) is 8.74. The van der Waals surface area contributed by atoms with Gasteiger partial charge in [-0.15, -0.1) is 0 Å². The van der Waals surface area contributed by atoms with Gasteiger partial charge in [-0.1, -0.05) is 54.1 Å². The van der Waals surface area contributed by atoms with Crippen LogP contribution in [0.3, 0.4) is 0 Å². The Balaban J connectivity index is 1.92. The molecular weight excluding hydrogens is 400 g/mol. The molecule has 154 valence electrons. The zero-order valence-electron chi connectivity index (χ0n) is 15.4. The second kappa shape index (κ2) is 11.0. The zero-order valence-corrected chi connectivity index (χ0v) is 16.1. The number of alkyl carbamates (subject to hydrolysis) is 1. The molecule has 0 bridgehead atoms. The first-order valence-corrected chi connectivity index (χ1v) is 9.12. The number of carbonyl (C=O) groups is 3. The first kappa shape index (κ1) is 22.2. The number of halogens is 1. The Morgan fingerprint density at radius 1 is 0.966 bits per heavy atom. The minimum absolute atomic E-state index is 0.0149. The molecule has 0 aliphatic heterocycles. The molecule has 0 aromatic heterocycles. The van der Waals surface area contributed by atoms with Crippen molar-refractivity contribution in [3.63, 3.8) is 0 Å². The molecule has 0 fully saturated rings. The van der Waals surface area contributed by atoms with Crippen molar-refractivity contribution in [2.24, 2.45) is 0 Å². The molecule has 0 saturated carbocycles. The highest BCUT2D eigenvalue weighted by atomic mass is 35.5. The van der Waals surface area contributed by atoms with Gasteiger partial charge in [-0.05, 0) is 23.3 Å². The number of aliphatic hydroxyl groups is 1. The van der Waals surface area contributed by atoms with Crippen LogP contribution in [0.25, 0.3) is 0 Å². The fourth-order valence-corrected chi connectivity index (χ4v) is 2.69. The van der Waals surface area contributed by atoms with Crippen molar-refractivity contribution in [1.82, 2.24) is 10.6 Å². The third-order valence-electron chi connectivity index (χ3n) is 3.95. The highest BCUT2D eigenvalue weighted by molar-refractivity contribution is 6.30. The van der Waals surface area contributed by atoms with E-state index >= 15 is 0 Å². The van der Waals surface area contributed by atoms with Crippen LogP contribution >= 0.6 is 11.6 Å². The first-order chi connectivity index (χ1) is 13.9. The lowest BCUT2D eigenvalue weighted by atomic mass is 10.1. The average molecular weight is 421 g/mol. The second-order valence-corrected chi connectivity index (χ2v) is 6.61. The van der Waals surface area contributed by atoms with Crippen molar-refractivity contribution in [2.45, 2.75) is 25.1 Å². The maximum absolute atomic E-state index is 12.3. The summed E-state index contributed by atoms with van der Waals surface area (Å²) < 4.78 is 5.00. The Hall–Kier alpha value is -3.10. The van der Waals surface area contributed by atoms with Gasteiger partial charge in [0.1, 0.15) is 18.7 Å². The maximum Gasteiger partial charge on any atom is 0.408 e.